The molecule has 15 heavy (non-hydrogen) atoms. The fraction of sp³-hybridized carbons (Fsp3) is 1.00. The number of rotatable bonds is 8. The van der Waals surface area contributed by atoms with Gasteiger partial charge in [0, 0.05) is 19.8 Å². The molecule has 1 atom stereocenters. The molecule has 0 aliphatic heterocycles. The third-order valence-corrected chi connectivity index (χ3v) is 3.45. The molecule has 1 aliphatic rings. The van der Waals surface area contributed by atoms with Gasteiger partial charge < -0.3 is 10.1 Å². The second kappa shape index (κ2) is 8.12. The predicted octanol–water partition coefficient (Wildman–Crippen LogP) is 2.97. The topological polar surface area (TPSA) is 21.3 Å². The van der Waals surface area contributed by atoms with Gasteiger partial charge in [-0.3, -0.25) is 0 Å². The van der Waals surface area contributed by atoms with Crippen LogP contribution in [0.2, 0.25) is 0 Å². The van der Waals surface area contributed by atoms with Crippen LogP contribution in [-0.2, 0) is 4.74 Å². The first-order valence-electron chi connectivity index (χ1n) is 6.59. The molecule has 0 saturated heterocycles. The minimum Gasteiger partial charge on any atom is -0.385 e. The van der Waals surface area contributed by atoms with Crippen LogP contribution in [0.1, 0.15) is 51.9 Å². The number of methoxy groups -OCH3 is 1. The third-order valence-electron chi connectivity index (χ3n) is 3.45. The number of ether oxygens (including phenoxy) is 1. The maximum absolute atomic E-state index is 5.18. The Morgan fingerprint density at radius 3 is 2.67 bits per heavy atom. The fourth-order valence-electron chi connectivity index (χ4n) is 2.56. The van der Waals surface area contributed by atoms with Crippen LogP contribution in [0.3, 0.4) is 0 Å². The van der Waals surface area contributed by atoms with Gasteiger partial charge in [0.1, 0.15) is 0 Å². The standard InChI is InChI=1S/C13H27NO/c1-3-9-14-13(8-10-15-2)11-12-6-4-5-7-12/h12-14H,3-11H2,1-2H3. The molecule has 0 amide bonds. The zero-order valence-electron chi connectivity index (χ0n) is 10.4. The lowest BCUT2D eigenvalue weighted by Crippen LogP contribution is -2.32. The van der Waals surface area contributed by atoms with E-state index >= 15 is 0 Å². The molecule has 1 unspecified atom stereocenters. The van der Waals surface area contributed by atoms with Crippen molar-refractivity contribution in [3.63, 3.8) is 0 Å². The first kappa shape index (κ1) is 13.0. The van der Waals surface area contributed by atoms with Gasteiger partial charge in [0.05, 0.1) is 0 Å². The Bertz CT molecular complexity index is 135. The average molecular weight is 213 g/mol. The van der Waals surface area contributed by atoms with Gasteiger partial charge in [0.2, 0.25) is 0 Å². The molecule has 1 fully saturated rings. The smallest absolute Gasteiger partial charge is 0.0477 e. The van der Waals surface area contributed by atoms with Crippen molar-refractivity contribution < 1.29 is 4.74 Å². The highest BCUT2D eigenvalue weighted by molar-refractivity contribution is 4.75. The van der Waals surface area contributed by atoms with E-state index in [1.54, 1.807) is 7.11 Å². The zero-order chi connectivity index (χ0) is 10.9. The molecular weight excluding hydrogens is 186 g/mol. The van der Waals surface area contributed by atoms with Gasteiger partial charge in [-0.2, -0.15) is 0 Å². The van der Waals surface area contributed by atoms with Crippen molar-refractivity contribution >= 4 is 0 Å². The number of nitrogens with one attached hydrogen (secondary N) is 1. The van der Waals surface area contributed by atoms with E-state index in [0.717, 1.165) is 19.1 Å². The highest BCUT2D eigenvalue weighted by Gasteiger charge is 2.19. The van der Waals surface area contributed by atoms with E-state index in [0.29, 0.717) is 6.04 Å². The van der Waals surface area contributed by atoms with Crippen LogP contribution >= 0.6 is 0 Å². The lowest BCUT2D eigenvalue weighted by Gasteiger charge is -2.21. The van der Waals surface area contributed by atoms with Crippen LogP contribution in [0.25, 0.3) is 0 Å². The minimum atomic E-state index is 0.688. The number of hydrogen-bond acceptors (Lipinski definition) is 2. The summed E-state index contributed by atoms with van der Waals surface area (Å²) in [5.74, 6) is 0.983. The maximum Gasteiger partial charge on any atom is 0.0477 e. The second-order valence-corrected chi connectivity index (χ2v) is 4.82. The van der Waals surface area contributed by atoms with E-state index < -0.39 is 0 Å². The van der Waals surface area contributed by atoms with Gasteiger partial charge in [0.25, 0.3) is 0 Å². The molecule has 0 radical (unpaired) electrons. The van der Waals surface area contributed by atoms with Crippen LogP contribution in [-0.4, -0.2) is 26.3 Å². The summed E-state index contributed by atoms with van der Waals surface area (Å²) in [7, 11) is 1.80. The van der Waals surface area contributed by atoms with E-state index in [2.05, 4.69) is 12.2 Å². The molecule has 0 aromatic carbocycles. The lowest BCUT2D eigenvalue weighted by atomic mass is 9.96. The Morgan fingerprint density at radius 2 is 2.07 bits per heavy atom. The summed E-state index contributed by atoms with van der Waals surface area (Å²) in [5, 5.41) is 3.65. The third kappa shape index (κ3) is 5.53. The van der Waals surface area contributed by atoms with Crippen molar-refractivity contribution in [2.75, 3.05) is 20.3 Å². The summed E-state index contributed by atoms with van der Waals surface area (Å²) < 4.78 is 5.18. The summed E-state index contributed by atoms with van der Waals surface area (Å²) in [4.78, 5) is 0. The molecule has 0 aromatic rings. The largest absolute Gasteiger partial charge is 0.385 e. The van der Waals surface area contributed by atoms with Crippen molar-refractivity contribution in [1.82, 2.24) is 5.32 Å². The quantitative estimate of drug-likeness (QED) is 0.669. The van der Waals surface area contributed by atoms with Crippen LogP contribution in [0.4, 0.5) is 0 Å². The molecule has 1 saturated carbocycles. The van der Waals surface area contributed by atoms with Gasteiger partial charge >= 0.3 is 0 Å². The van der Waals surface area contributed by atoms with E-state index in [1.807, 2.05) is 0 Å². The van der Waals surface area contributed by atoms with Crippen LogP contribution in [0.5, 0.6) is 0 Å². The number of hydrogen-bond donors (Lipinski definition) is 1. The summed E-state index contributed by atoms with van der Waals surface area (Å²) in [6, 6.07) is 0.688. The predicted molar refractivity (Wildman–Crippen MR) is 65.1 cm³/mol. The van der Waals surface area contributed by atoms with Gasteiger partial charge in [-0.05, 0) is 31.7 Å². The molecule has 0 aromatic heterocycles. The zero-order valence-corrected chi connectivity index (χ0v) is 10.4. The van der Waals surface area contributed by atoms with Crippen molar-refractivity contribution in [2.45, 2.75) is 57.9 Å². The summed E-state index contributed by atoms with van der Waals surface area (Å²) >= 11 is 0. The van der Waals surface area contributed by atoms with E-state index in [4.69, 9.17) is 4.74 Å². The first-order valence-corrected chi connectivity index (χ1v) is 6.59. The molecule has 1 aliphatic carbocycles. The highest BCUT2D eigenvalue weighted by Crippen LogP contribution is 2.29. The van der Waals surface area contributed by atoms with Crippen LogP contribution in [0, 0.1) is 5.92 Å². The normalized spacial score (nSPS) is 19.6. The van der Waals surface area contributed by atoms with E-state index in [-0.39, 0.29) is 0 Å². The molecule has 1 rings (SSSR count). The Kier molecular flexibility index (Phi) is 7.03. The molecule has 0 bridgehead atoms. The molecule has 2 nitrogen and oxygen atoms in total. The molecule has 0 spiro atoms. The lowest BCUT2D eigenvalue weighted by molar-refractivity contribution is 0.177. The Hall–Kier alpha value is -0.0800. The van der Waals surface area contributed by atoms with Crippen LogP contribution in [0.15, 0.2) is 0 Å². The molecule has 90 valence electrons. The van der Waals surface area contributed by atoms with Gasteiger partial charge in [-0.1, -0.05) is 32.6 Å². The van der Waals surface area contributed by atoms with Crippen molar-refractivity contribution in [3.05, 3.63) is 0 Å². The summed E-state index contributed by atoms with van der Waals surface area (Å²) in [6.45, 7) is 4.28. The molecule has 0 heterocycles. The van der Waals surface area contributed by atoms with Gasteiger partial charge in [0.15, 0.2) is 0 Å². The molecular formula is C13H27NO. The second-order valence-electron chi connectivity index (χ2n) is 4.82. The van der Waals surface area contributed by atoms with Crippen molar-refractivity contribution in [3.8, 4) is 0 Å². The average Bonchev–Trinajstić information content (AvgIpc) is 2.74. The van der Waals surface area contributed by atoms with Crippen molar-refractivity contribution in [2.24, 2.45) is 5.92 Å². The summed E-state index contributed by atoms with van der Waals surface area (Å²) in [6.07, 6.45) is 9.59. The monoisotopic (exact) mass is 213 g/mol. The first-order chi connectivity index (χ1) is 7.36. The SMILES string of the molecule is CCCNC(CCOC)CC1CCCC1. The highest BCUT2D eigenvalue weighted by atomic mass is 16.5. The van der Waals surface area contributed by atoms with Crippen molar-refractivity contribution in [1.29, 1.82) is 0 Å². The van der Waals surface area contributed by atoms with Gasteiger partial charge in [-0.25, -0.2) is 0 Å². The van der Waals surface area contributed by atoms with E-state index in [1.165, 1.54) is 44.9 Å². The fourth-order valence-corrected chi connectivity index (χ4v) is 2.56. The van der Waals surface area contributed by atoms with Gasteiger partial charge in [-0.15, -0.1) is 0 Å². The van der Waals surface area contributed by atoms with Crippen LogP contribution < -0.4 is 5.32 Å². The minimum absolute atomic E-state index is 0.688. The Morgan fingerprint density at radius 1 is 1.33 bits per heavy atom. The van der Waals surface area contributed by atoms with E-state index in [9.17, 15) is 0 Å². The molecule has 2 heteroatoms. The maximum atomic E-state index is 5.18. The summed E-state index contributed by atoms with van der Waals surface area (Å²) in [5.41, 5.74) is 0. The Balaban J connectivity index is 2.19. The molecule has 1 N–H and O–H groups in total. The Labute approximate surface area is 94.8 Å².